The smallest absolute Gasteiger partial charge is 0.139 e. The number of hydrogen-bond donors (Lipinski definition) is 1. The standard InChI is InChI=1S/C24H31FN4/c1-16-9-10-21-22(11-16)17(2)29(20-7-5-4-6-8-20)24(23(21)14-26-3)28-15-27-19-12-18(25)13-19/h9-11,14,18-20,27H,2-8,12-13,15H2,1H3/b23-14-,28-24+. The Morgan fingerprint density at radius 3 is 2.66 bits per heavy atom. The van der Waals surface area contributed by atoms with Gasteiger partial charge in [0.1, 0.15) is 11.7 Å². The van der Waals surface area contributed by atoms with E-state index in [1.165, 1.54) is 24.8 Å². The van der Waals surface area contributed by atoms with Crippen LogP contribution in [-0.4, -0.2) is 30.2 Å². The topological polar surface area (TPSA) is 41.7 Å². The molecule has 4 rings (SSSR count). The number of aliphatic imine (C=N–C) groups is 1. The van der Waals surface area contributed by atoms with Crippen LogP contribution in [0.3, 0.4) is 0 Å². The van der Waals surface area contributed by atoms with Gasteiger partial charge in [-0.3, -0.25) is 15.3 Å². The van der Waals surface area contributed by atoms with E-state index in [-0.39, 0.29) is 6.04 Å². The third-order valence-electron chi connectivity index (χ3n) is 6.39. The van der Waals surface area contributed by atoms with Gasteiger partial charge in [-0.2, -0.15) is 0 Å². The number of nitrogens with one attached hydrogen (secondary N) is 1. The number of hydrogen-bond acceptors (Lipinski definition) is 3. The molecule has 0 amide bonds. The molecule has 1 N–H and O–H groups in total. The van der Waals surface area contributed by atoms with Crippen LogP contribution in [0.5, 0.6) is 0 Å². The Labute approximate surface area is 171 Å². The maximum absolute atomic E-state index is 13.1. The molecular weight excluding hydrogens is 363 g/mol. The second-order valence-corrected chi connectivity index (χ2v) is 8.49. The summed E-state index contributed by atoms with van der Waals surface area (Å²) < 4.78 is 15.5. The number of alkyl halides is 1. The van der Waals surface area contributed by atoms with Crippen LogP contribution in [0.15, 0.2) is 28.2 Å². The van der Waals surface area contributed by atoms with Crippen LogP contribution >= 0.6 is 0 Å². The molecule has 0 saturated heterocycles. The molecular formula is C24H31FN4. The molecule has 5 heteroatoms. The van der Waals surface area contributed by atoms with Crippen LogP contribution in [0.25, 0.3) is 23.6 Å². The first-order chi connectivity index (χ1) is 14.1. The van der Waals surface area contributed by atoms with Gasteiger partial charge in [-0.25, -0.2) is 4.39 Å². The number of aromatic nitrogens is 1. The molecule has 2 fully saturated rings. The number of nitrogens with zero attached hydrogens (tertiary/aromatic N) is 3. The average molecular weight is 395 g/mol. The summed E-state index contributed by atoms with van der Waals surface area (Å²) in [5, 5.41) is 7.64. The number of aryl methyl sites for hydroxylation is 1. The van der Waals surface area contributed by atoms with Crippen molar-refractivity contribution in [2.24, 2.45) is 9.98 Å². The normalized spacial score (nSPS) is 24.1. The number of fused-ring (bicyclic) bond motifs is 1. The second-order valence-electron chi connectivity index (χ2n) is 8.49. The van der Waals surface area contributed by atoms with E-state index in [1.807, 2.05) is 6.20 Å². The summed E-state index contributed by atoms with van der Waals surface area (Å²) in [6, 6.07) is 7.08. The molecule has 2 saturated carbocycles. The van der Waals surface area contributed by atoms with E-state index in [9.17, 15) is 4.39 Å². The Morgan fingerprint density at radius 1 is 1.21 bits per heavy atom. The maximum atomic E-state index is 13.1. The molecule has 1 aromatic heterocycles. The summed E-state index contributed by atoms with van der Waals surface area (Å²) in [5.74, 6) is 0. The van der Waals surface area contributed by atoms with E-state index >= 15 is 0 Å². The zero-order valence-electron chi connectivity index (χ0n) is 17.3. The predicted octanol–water partition coefficient (Wildman–Crippen LogP) is 3.25. The summed E-state index contributed by atoms with van der Waals surface area (Å²) in [7, 11) is 0. The van der Waals surface area contributed by atoms with Crippen molar-refractivity contribution in [1.82, 2.24) is 9.88 Å². The highest BCUT2D eigenvalue weighted by Crippen LogP contribution is 2.26. The summed E-state index contributed by atoms with van der Waals surface area (Å²) in [4.78, 5) is 9.05. The van der Waals surface area contributed by atoms with Gasteiger partial charge in [0.05, 0.1) is 6.67 Å². The summed E-state index contributed by atoms with van der Waals surface area (Å²) >= 11 is 0. The van der Waals surface area contributed by atoms with Gasteiger partial charge in [-0.05, 0) is 50.8 Å². The molecule has 1 aromatic carbocycles. The van der Waals surface area contributed by atoms with Crippen LogP contribution in [-0.2, 0) is 0 Å². The number of benzene rings is 1. The first-order valence-electron chi connectivity index (χ1n) is 10.8. The minimum absolute atomic E-state index is 0.226. The lowest BCUT2D eigenvalue weighted by molar-refractivity contribution is 0.157. The molecule has 4 nitrogen and oxygen atoms in total. The highest BCUT2D eigenvalue weighted by atomic mass is 19.1. The van der Waals surface area contributed by atoms with Crippen LogP contribution in [0.4, 0.5) is 4.39 Å². The molecule has 2 aliphatic rings. The molecule has 2 aromatic rings. The lowest BCUT2D eigenvalue weighted by Crippen LogP contribution is -2.48. The van der Waals surface area contributed by atoms with Crippen LogP contribution in [0, 0.1) is 6.92 Å². The Hall–Kier alpha value is -2.27. The van der Waals surface area contributed by atoms with Gasteiger partial charge < -0.3 is 4.57 Å². The Balaban J connectivity index is 1.90. The SMILES string of the molecule is C=N/C=c1\c(=N/CNC2CC(F)C2)n(C2CCCCC2)c(=C)c2cc(C)ccc12. The molecule has 0 unspecified atom stereocenters. The van der Waals surface area contributed by atoms with Gasteiger partial charge in [0.15, 0.2) is 0 Å². The molecule has 0 spiro atoms. The molecule has 2 aliphatic carbocycles. The van der Waals surface area contributed by atoms with Crippen molar-refractivity contribution in [3.05, 3.63) is 39.8 Å². The Kier molecular flexibility index (Phi) is 5.95. The van der Waals surface area contributed by atoms with Gasteiger partial charge in [0.25, 0.3) is 0 Å². The Morgan fingerprint density at radius 2 is 1.97 bits per heavy atom. The lowest BCUT2D eigenvalue weighted by atomic mass is 9.91. The van der Waals surface area contributed by atoms with Crippen molar-refractivity contribution in [3.8, 4) is 0 Å². The summed E-state index contributed by atoms with van der Waals surface area (Å²) in [6.07, 6.45) is 8.38. The monoisotopic (exact) mass is 394 g/mol. The van der Waals surface area contributed by atoms with Gasteiger partial charge in [0.2, 0.25) is 0 Å². The van der Waals surface area contributed by atoms with E-state index < -0.39 is 6.17 Å². The first kappa shape index (κ1) is 20.0. The molecule has 0 bridgehead atoms. The predicted molar refractivity (Wildman–Crippen MR) is 119 cm³/mol. The maximum Gasteiger partial charge on any atom is 0.139 e. The van der Waals surface area contributed by atoms with Crippen LogP contribution in [0.2, 0.25) is 0 Å². The zero-order chi connectivity index (χ0) is 20.4. The minimum atomic E-state index is -0.663. The van der Waals surface area contributed by atoms with Crippen molar-refractivity contribution in [2.75, 3.05) is 6.67 Å². The van der Waals surface area contributed by atoms with E-state index in [1.54, 1.807) is 0 Å². The van der Waals surface area contributed by atoms with Crippen molar-refractivity contribution in [1.29, 1.82) is 0 Å². The van der Waals surface area contributed by atoms with Gasteiger partial charge in [-0.15, -0.1) is 0 Å². The first-order valence-corrected chi connectivity index (χ1v) is 10.8. The van der Waals surface area contributed by atoms with E-state index in [0.29, 0.717) is 25.6 Å². The molecule has 1 heterocycles. The largest absolute Gasteiger partial charge is 0.323 e. The summed E-state index contributed by atoms with van der Waals surface area (Å²) in [5.41, 5.74) is 2.13. The van der Waals surface area contributed by atoms with Crippen molar-refractivity contribution >= 4 is 30.3 Å². The molecule has 0 radical (unpaired) electrons. The number of pyridine rings is 1. The number of halogens is 1. The zero-order valence-corrected chi connectivity index (χ0v) is 17.3. The second kappa shape index (κ2) is 8.62. The van der Waals surface area contributed by atoms with Crippen LogP contribution < -0.4 is 21.4 Å². The van der Waals surface area contributed by atoms with Crippen molar-refractivity contribution in [3.63, 3.8) is 0 Å². The third-order valence-corrected chi connectivity index (χ3v) is 6.39. The van der Waals surface area contributed by atoms with Gasteiger partial charge in [0, 0.05) is 34.2 Å². The summed E-state index contributed by atoms with van der Waals surface area (Å²) in [6.45, 7) is 10.8. The highest BCUT2D eigenvalue weighted by molar-refractivity contribution is 5.84. The highest BCUT2D eigenvalue weighted by Gasteiger charge is 2.28. The average Bonchev–Trinajstić information content (AvgIpc) is 2.70. The van der Waals surface area contributed by atoms with Gasteiger partial charge >= 0.3 is 0 Å². The van der Waals surface area contributed by atoms with Crippen LogP contribution in [0.1, 0.15) is 56.6 Å². The molecule has 0 atom stereocenters. The van der Waals surface area contributed by atoms with Crippen molar-refractivity contribution in [2.45, 2.75) is 70.1 Å². The van der Waals surface area contributed by atoms with E-state index in [4.69, 9.17) is 4.99 Å². The molecule has 154 valence electrons. The fourth-order valence-corrected chi connectivity index (χ4v) is 4.72. The molecule has 0 aliphatic heterocycles. The van der Waals surface area contributed by atoms with E-state index in [0.717, 1.165) is 39.7 Å². The van der Waals surface area contributed by atoms with Gasteiger partial charge in [-0.1, -0.05) is 43.5 Å². The quantitative estimate of drug-likeness (QED) is 0.777. The Bertz CT molecular complexity index is 1070. The lowest BCUT2D eigenvalue weighted by Gasteiger charge is -2.30. The fourth-order valence-electron chi connectivity index (χ4n) is 4.72. The minimum Gasteiger partial charge on any atom is -0.323 e. The number of rotatable bonds is 5. The third kappa shape index (κ3) is 4.06. The van der Waals surface area contributed by atoms with Crippen molar-refractivity contribution < 1.29 is 4.39 Å². The van der Waals surface area contributed by atoms with E-state index in [2.05, 4.69) is 53.3 Å². The molecule has 29 heavy (non-hydrogen) atoms. The fraction of sp³-hybridized carbons (Fsp3) is 0.500.